The van der Waals surface area contributed by atoms with E-state index in [2.05, 4.69) is 11.1 Å². The minimum atomic E-state index is 0.00741. The van der Waals surface area contributed by atoms with Crippen molar-refractivity contribution in [2.24, 2.45) is 5.73 Å². The minimum Gasteiger partial charge on any atom is -0.383 e. The number of hydrogen-bond acceptors (Lipinski definition) is 4. The zero-order valence-electron chi connectivity index (χ0n) is 10.4. The van der Waals surface area contributed by atoms with Crippen LogP contribution in [0.25, 0.3) is 0 Å². The molecule has 17 heavy (non-hydrogen) atoms. The summed E-state index contributed by atoms with van der Waals surface area (Å²) in [7, 11) is 0. The lowest BCUT2D eigenvalue weighted by atomic mass is 10.1. The lowest BCUT2D eigenvalue weighted by molar-refractivity contribution is 0.816. The molecule has 1 aliphatic carbocycles. The van der Waals surface area contributed by atoms with Crippen LogP contribution in [0.3, 0.4) is 0 Å². The van der Waals surface area contributed by atoms with Gasteiger partial charge in [-0.05, 0) is 31.4 Å². The first-order chi connectivity index (χ1) is 8.16. The summed E-state index contributed by atoms with van der Waals surface area (Å²) in [4.78, 5) is 4.17. The van der Waals surface area contributed by atoms with Crippen molar-refractivity contribution in [1.29, 1.82) is 0 Å². The normalized spacial score (nSPS) is 18.5. The SMILES string of the molecule is Cc1cnc(N)c(C(N)CSC2CCCC2)c1. The molecule has 0 aromatic carbocycles. The molecule has 94 valence electrons. The number of aromatic nitrogens is 1. The number of anilines is 1. The fourth-order valence-electron chi connectivity index (χ4n) is 2.28. The van der Waals surface area contributed by atoms with Crippen LogP contribution in [-0.4, -0.2) is 16.0 Å². The van der Waals surface area contributed by atoms with Gasteiger partial charge in [0.2, 0.25) is 0 Å². The van der Waals surface area contributed by atoms with Crippen molar-refractivity contribution in [2.45, 2.75) is 43.9 Å². The molecule has 1 atom stereocenters. The Kier molecular flexibility index (Phi) is 4.29. The van der Waals surface area contributed by atoms with Crippen molar-refractivity contribution in [3.05, 3.63) is 23.4 Å². The maximum atomic E-state index is 6.20. The second-order valence-electron chi connectivity index (χ2n) is 4.83. The molecule has 0 bridgehead atoms. The molecule has 4 N–H and O–H groups in total. The summed E-state index contributed by atoms with van der Waals surface area (Å²) >= 11 is 1.99. The Morgan fingerprint density at radius 2 is 2.18 bits per heavy atom. The van der Waals surface area contributed by atoms with Crippen LogP contribution in [0.2, 0.25) is 0 Å². The van der Waals surface area contributed by atoms with Gasteiger partial charge in [0.05, 0.1) is 0 Å². The van der Waals surface area contributed by atoms with Gasteiger partial charge < -0.3 is 11.5 Å². The Morgan fingerprint density at radius 3 is 2.88 bits per heavy atom. The number of aryl methyl sites for hydroxylation is 1. The summed E-state index contributed by atoms with van der Waals surface area (Å²) in [6.07, 6.45) is 7.23. The predicted octanol–water partition coefficient (Wildman–Crippen LogP) is 2.65. The molecule has 1 unspecified atom stereocenters. The van der Waals surface area contributed by atoms with Gasteiger partial charge in [0.1, 0.15) is 5.82 Å². The monoisotopic (exact) mass is 251 g/mol. The topological polar surface area (TPSA) is 64.9 Å². The summed E-state index contributed by atoms with van der Waals surface area (Å²) in [5.74, 6) is 1.52. The molecule has 1 saturated carbocycles. The Bertz CT molecular complexity index is 375. The Labute approximate surface area is 107 Å². The molecule has 1 aliphatic rings. The van der Waals surface area contributed by atoms with Crippen molar-refractivity contribution in [1.82, 2.24) is 4.98 Å². The summed E-state index contributed by atoms with van der Waals surface area (Å²) in [6.45, 7) is 2.02. The molecule has 0 aliphatic heterocycles. The zero-order chi connectivity index (χ0) is 12.3. The van der Waals surface area contributed by atoms with Crippen LogP contribution < -0.4 is 11.5 Å². The molecule has 2 rings (SSSR count). The molecule has 1 heterocycles. The van der Waals surface area contributed by atoms with E-state index in [9.17, 15) is 0 Å². The molecule has 1 aromatic heterocycles. The number of rotatable bonds is 4. The number of nitrogen functional groups attached to an aromatic ring is 1. The van der Waals surface area contributed by atoms with Crippen LogP contribution >= 0.6 is 11.8 Å². The van der Waals surface area contributed by atoms with E-state index in [-0.39, 0.29) is 6.04 Å². The van der Waals surface area contributed by atoms with E-state index in [1.807, 2.05) is 18.7 Å². The molecule has 0 spiro atoms. The van der Waals surface area contributed by atoms with Crippen molar-refractivity contribution in [3.63, 3.8) is 0 Å². The highest BCUT2D eigenvalue weighted by Crippen LogP contribution is 2.32. The smallest absolute Gasteiger partial charge is 0.128 e. The Morgan fingerprint density at radius 1 is 1.47 bits per heavy atom. The van der Waals surface area contributed by atoms with Gasteiger partial charge in [0, 0.05) is 28.8 Å². The molecule has 0 radical (unpaired) electrons. The van der Waals surface area contributed by atoms with Crippen molar-refractivity contribution in [2.75, 3.05) is 11.5 Å². The van der Waals surface area contributed by atoms with E-state index >= 15 is 0 Å². The first-order valence-corrected chi connectivity index (χ1v) is 7.31. The van der Waals surface area contributed by atoms with Gasteiger partial charge in [-0.2, -0.15) is 11.8 Å². The maximum absolute atomic E-state index is 6.20. The van der Waals surface area contributed by atoms with E-state index in [0.29, 0.717) is 5.82 Å². The molecular weight excluding hydrogens is 230 g/mol. The number of nitrogens with two attached hydrogens (primary N) is 2. The number of hydrogen-bond donors (Lipinski definition) is 2. The van der Waals surface area contributed by atoms with Gasteiger partial charge in [-0.25, -0.2) is 4.98 Å². The highest BCUT2D eigenvalue weighted by Gasteiger charge is 2.18. The van der Waals surface area contributed by atoms with Crippen molar-refractivity contribution in [3.8, 4) is 0 Å². The molecule has 0 saturated heterocycles. The molecule has 3 nitrogen and oxygen atoms in total. The fourth-order valence-corrected chi connectivity index (χ4v) is 3.61. The molecular formula is C13H21N3S. The molecule has 0 amide bonds. The average molecular weight is 251 g/mol. The fraction of sp³-hybridized carbons (Fsp3) is 0.615. The van der Waals surface area contributed by atoms with Gasteiger partial charge in [-0.1, -0.05) is 12.8 Å². The Hall–Kier alpha value is -0.740. The van der Waals surface area contributed by atoms with Gasteiger partial charge in [-0.3, -0.25) is 0 Å². The average Bonchev–Trinajstić information content (AvgIpc) is 2.82. The number of pyridine rings is 1. The lowest BCUT2D eigenvalue weighted by Gasteiger charge is -2.16. The van der Waals surface area contributed by atoms with Crippen molar-refractivity contribution < 1.29 is 0 Å². The largest absolute Gasteiger partial charge is 0.383 e. The van der Waals surface area contributed by atoms with E-state index in [1.54, 1.807) is 6.20 Å². The third-order valence-electron chi connectivity index (χ3n) is 3.30. The van der Waals surface area contributed by atoms with E-state index in [1.165, 1.54) is 25.7 Å². The van der Waals surface area contributed by atoms with Crippen molar-refractivity contribution >= 4 is 17.6 Å². The summed E-state index contributed by atoms with van der Waals surface area (Å²) in [5, 5.41) is 0.806. The zero-order valence-corrected chi connectivity index (χ0v) is 11.2. The quantitative estimate of drug-likeness (QED) is 0.863. The number of thioether (sulfide) groups is 1. The van der Waals surface area contributed by atoms with Crippen LogP contribution in [0, 0.1) is 6.92 Å². The van der Waals surface area contributed by atoms with Gasteiger partial charge in [0.15, 0.2) is 0 Å². The van der Waals surface area contributed by atoms with Crippen LogP contribution in [0.4, 0.5) is 5.82 Å². The van der Waals surface area contributed by atoms with Gasteiger partial charge in [-0.15, -0.1) is 0 Å². The third kappa shape index (κ3) is 3.36. The molecule has 4 heteroatoms. The third-order valence-corrected chi connectivity index (χ3v) is 4.79. The Balaban J connectivity index is 1.93. The maximum Gasteiger partial charge on any atom is 0.128 e. The summed E-state index contributed by atoms with van der Waals surface area (Å²) < 4.78 is 0. The summed E-state index contributed by atoms with van der Waals surface area (Å²) in [6, 6.07) is 2.07. The highest BCUT2D eigenvalue weighted by atomic mass is 32.2. The van der Waals surface area contributed by atoms with E-state index < -0.39 is 0 Å². The van der Waals surface area contributed by atoms with E-state index in [0.717, 1.165) is 22.1 Å². The first-order valence-electron chi connectivity index (χ1n) is 6.26. The minimum absolute atomic E-state index is 0.00741. The molecule has 1 fully saturated rings. The van der Waals surface area contributed by atoms with Crippen LogP contribution in [-0.2, 0) is 0 Å². The first kappa shape index (κ1) is 12.7. The molecule has 1 aromatic rings. The van der Waals surface area contributed by atoms with Crippen LogP contribution in [0.5, 0.6) is 0 Å². The second-order valence-corrected chi connectivity index (χ2v) is 6.17. The van der Waals surface area contributed by atoms with Gasteiger partial charge >= 0.3 is 0 Å². The standard InChI is InChI=1S/C13H21N3S/c1-9-6-11(13(15)16-7-9)12(14)8-17-10-4-2-3-5-10/h6-7,10,12H,2-5,8,14H2,1H3,(H2,15,16). The highest BCUT2D eigenvalue weighted by molar-refractivity contribution is 7.99. The second kappa shape index (κ2) is 5.74. The lowest BCUT2D eigenvalue weighted by Crippen LogP contribution is -2.17. The van der Waals surface area contributed by atoms with Crippen LogP contribution in [0.1, 0.15) is 42.9 Å². The number of nitrogens with zero attached hydrogens (tertiary/aromatic N) is 1. The van der Waals surface area contributed by atoms with Crippen LogP contribution in [0.15, 0.2) is 12.3 Å². The van der Waals surface area contributed by atoms with E-state index in [4.69, 9.17) is 11.5 Å². The summed E-state index contributed by atoms with van der Waals surface area (Å²) in [5.41, 5.74) is 14.2. The van der Waals surface area contributed by atoms with Gasteiger partial charge in [0.25, 0.3) is 0 Å². The predicted molar refractivity (Wildman–Crippen MR) is 75.0 cm³/mol.